The number of rotatable bonds is 3. The minimum absolute atomic E-state index is 0.458. The van der Waals surface area contributed by atoms with E-state index in [-0.39, 0.29) is 0 Å². The van der Waals surface area contributed by atoms with Gasteiger partial charge in [-0.05, 0) is 54.9 Å². The normalized spacial score (nSPS) is 43.4. The zero-order valence-corrected chi connectivity index (χ0v) is 12.6. The van der Waals surface area contributed by atoms with E-state index in [1.165, 1.54) is 32.1 Å². The molecule has 2 fully saturated rings. The molecule has 1 heteroatoms. The lowest BCUT2D eigenvalue weighted by Crippen LogP contribution is -2.33. The van der Waals surface area contributed by atoms with Gasteiger partial charge < -0.3 is 4.74 Å². The molecular formula is C18H28O. The second-order valence-corrected chi connectivity index (χ2v) is 7.38. The van der Waals surface area contributed by atoms with Crippen LogP contribution in [0.5, 0.6) is 0 Å². The predicted molar refractivity (Wildman–Crippen MR) is 79.7 cm³/mol. The third-order valence-electron chi connectivity index (χ3n) is 5.50. The first-order chi connectivity index (χ1) is 9.13. The van der Waals surface area contributed by atoms with Crippen molar-refractivity contribution in [1.82, 2.24) is 0 Å². The van der Waals surface area contributed by atoms with Crippen LogP contribution in [-0.4, -0.2) is 6.10 Å². The van der Waals surface area contributed by atoms with Crippen LogP contribution in [0.15, 0.2) is 24.0 Å². The minimum Gasteiger partial charge on any atom is -0.498 e. The van der Waals surface area contributed by atoms with Crippen LogP contribution in [0.4, 0.5) is 0 Å². The van der Waals surface area contributed by atoms with E-state index in [2.05, 4.69) is 39.2 Å². The number of hydrogen-bond donors (Lipinski definition) is 0. The third-order valence-corrected chi connectivity index (χ3v) is 5.50. The molecule has 0 aromatic carbocycles. The second-order valence-electron chi connectivity index (χ2n) is 7.38. The third kappa shape index (κ3) is 2.75. The van der Waals surface area contributed by atoms with Crippen molar-refractivity contribution in [2.24, 2.45) is 29.6 Å². The minimum atomic E-state index is 0.458. The molecule has 3 aliphatic carbocycles. The van der Waals surface area contributed by atoms with Crippen LogP contribution in [-0.2, 0) is 4.74 Å². The number of hydrogen-bond acceptors (Lipinski definition) is 1. The smallest absolute Gasteiger partial charge is 0.101 e. The lowest BCUT2D eigenvalue weighted by atomic mass is 9.75. The molecule has 5 atom stereocenters. The lowest BCUT2D eigenvalue weighted by Gasteiger charge is -2.36. The lowest BCUT2D eigenvalue weighted by molar-refractivity contribution is 0.0122. The summed E-state index contributed by atoms with van der Waals surface area (Å²) in [5.41, 5.74) is 1.55. The largest absolute Gasteiger partial charge is 0.498 e. The van der Waals surface area contributed by atoms with E-state index in [9.17, 15) is 0 Å². The summed E-state index contributed by atoms with van der Waals surface area (Å²) in [6, 6.07) is 0. The summed E-state index contributed by atoms with van der Waals surface area (Å²) in [7, 11) is 0. The first kappa shape index (κ1) is 13.3. The molecule has 3 aliphatic rings. The SMILES string of the molecule is CC(C)[C@H]1CC[C@H](C)C[C@H]1O/C=C1/CC2C=CC1C2. The van der Waals surface area contributed by atoms with Crippen LogP contribution >= 0.6 is 0 Å². The Balaban J connectivity index is 1.63. The van der Waals surface area contributed by atoms with Gasteiger partial charge in [-0.3, -0.25) is 0 Å². The van der Waals surface area contributed by atoms with Gasteiger partial charge in [0.15, 0.2) is 0 Å². The van der Waals surface area contributed by atoms with Crippen molar-refractivity contribution in [1.29, 1.82) is 0 Å². The van der Waals surface area contributed by atoms with E-state index in [4.69, 9.17) is 4.74 Å². The Bertz CT molecular complexity index is 379. The van der Waals surface area contributed by atoms with E-state index in [0.29, 0.717) is 12.0 Å². The molecule has 0 N–H and O–H groups in total. The molecule has 3 rings (SSSR count). The van der Waals surface area contributed by atoms with Gasteiger partial charge in [0.25, 0.3) is 0 Å². The molecule has 19 heavy (non-hydrogen) atoms. The van der Waals surface area contributed by atoms with Crippen molar-refractivity contribution < 1.29 is 4.74 Å². The molecule has 0 heterocycles. The summed E-state index contributed by atoms with van der Waals surface area (Å²) in [6.45, 7) is 7.08. The zero-order chi connectivity index (χ0) is 13.4. The Morgan fingerprint density at radius 3 is 2.68 bits per heavy atom. The molecule has 2 unspecified atom stereocenters. The molecule has 0 radical (unpaired) electrons. The standard InChI is InChI=1S/C18H28O/c1-12(2)17-7-4-13(3)8-18(17)19-11-16-10-14-5-6-15(16)9-14/h5-6,11-15,17-18H,4,7-10H2,1-3H3/b16-11-/t13-,14?,15?,17+,18+/m0/s1. The summed E-state index contributed by atoms with van der Waals surface area (Å²) in [4.78, 5) is 0. The van der Waals surface area contributed by atoms with Gasteiger partial charge in [0, 0.05) is 5.92 Å². The quantitative estimate of drug-likeness (QED) is 0.515. The van der Waals surface area contributed by atoms with Gasteiger partial charge in [0.05, 0.1) is 6.26 Å². The topological polar surface area (TPSA) is 9.23 Å². The summed E-state index contributed by atoms with van der Waals surface area (Å²) in [5.74, 6) is 3.84. The summed E-state index contributed by atoms with van der Waals surface area (Å²) >= 11 is 0. The van der Waals surface area contributed by atoms with Crippen LogP contribution in [0.1, 0.15) is 52.9 Å². The van der Waals surface area contributed by atoms with E-state index < -0.39 is 0 Å². The number of ether oxygens (including phenoxy) is 1. The molecule has 0 aliphatic heterocycles. The molecule has 1 nitrogen and oxygen atoms in total. The molecule has 0 aromatic heterocycles. The van der Waals surface area contributed by atoms with Gasteiger partial charge in [0.1, 0.15) is 6.10 Å². The van der Waals surface area contributed by atoms with Crippen LogP contribution < -0.4 is 0 Å². The molecule has 0 amide bonds. The Hall–Kier alpha value is -0.720. The molecule has 2 bridgehead atoms. The fourth-order valence-electron chi connectivity index (χ4n) is 4.24. The Morgan fingerprint density at radius 2 is 2.05 bits per heavy atom. The maximum atomic E-state index is 6.27. The monoisotopic (exact) mass is 260 g/mol. The van der Waals surface area contributed by atoms with Crippen molar-refractivity contribution in [3.63, 3.8) is 0 Å². The highest BCUT2D eigenvalue weighted by molar-refractivity contribution is 5.25. The van der Waals surface area contributed by atoms with Crippen LogP contribution in [0.25, 0.3) is 0 Å². The van der Waals surface area contributed by atoms with Gasteiger partial charge in [-0.2, -0.15) is 0 Å². The van der Waals surface area contributed by atoms with Crippen molar-refractivity contribution in [3.05, 3.63) is 24.0 Å². The molecule has 0 spiro atoms. The Kier molecular flexibility index (Phi) is 3.73. The van der Waals surface area contributed by atoms with Crippen LogP contribution in [0.3, 0.4) is 0 Å². The molecule has 0 aromatic rings. The highest BCUT2D eigenvalue weighted by atomic mass is 16.5. The van der Waals surface area contributed by atoms with Gasteiger partial charge in [-0.25, -0.2) is 0 Å². The van der Waals surface area contributed by atoms with Crippen molar-refractivity contribution in [2.75, 3.05) is 0 Å². The molecular weight excluding hydrogens is 232 g/mol. The van der Waals surface area contributed by atoms with E-state index in [1.54, 1.807) is 5.57 Å². The van der Waals surface area contributed by atoms with Crippen molar-refractivity contribution in [2.45, 2.75) is 59.0 Å². The van der Waals surface area contributed by atoms with Crippen molar-refractivity contribution in [3.8, 4) is 0 Å². The Labute approximate surface area is 118 Å². The van der Waals surface area contributed by atoms with Gasteiger partial charge in [-0.1, -0.05) is 39.3 Å². The van der Waals surface area contributed by atoms with Gasteiger partial charge in [0.2, 0.25) is 0 Å². The maximum Gasteiger partial charge on any atom is 0.101 e. The summed E-state index contributed by atoms with van der Waals surface area (Å²) < 4.78 is 6.27. The maximum absolute atomic E-state index is 6.27. The first-order valence-electron chi connectivity index (χ1n) is 8.16. The average molecular weight is 260 g/mol. The number of allylic oxidation sites excluding steroid dienone is 3. The average Bonchev–Trinajstić information content (AvgIpc) is 2.98. The first-order valence-corrected chi connectivity index (χ1v) is 8.16. The fourth-order valence-corrected chi connectivity index (χ4v) is 4.24. The molecule has 106 valence electrons. The predicted octanol–water partition coefficient (Wildman–Crippen LogP) is 4.94. The summed E-state index contributed by atoms with van der Waals surface area (Å²) in [6.07, 6.45) is 13.9. The fraction of sp³-hybridized carbons (Fsp3) is 0.778. The number of fused-ring (bicyclic) bond motifs is 2. The highest BCUT2D eigenvalue weighted by Gasteiger charge is 2.34. The molecule has 2 saturated carbocycles. The van der Waals surface area contributed by atoms with E-state index >= 15 is 0 Å². The summed E-state index contributed by atoms with van der Waals surface area (Å²) in [5, 5.41) is 0. The second kappa shape index (κ2) is 5.34. The van der Waals surface area contributed by atoms with Crippen molar-refractivity contribution >= 4 is 0 Å². The highest BCUT2D eigenvalue weighted by Crippen LogP contribution is 2.43. The molecule has 0 saturated heterocycles. The Morgan fingerprint density at radius 1 is 1.21 bits per heavy atom. The van der Waals surface area contributed by atoms with Crippen LogP contribution in [0.2, 0.25) is 0 Å². The van der Waals surface area contributed by atoms with Crippen LogP contribution in [0, 0.1) is 29.6 Å². The van der Waals surface area contributed by atoms with Gasteiger partial charge in [-0.15, -0.1) is 0 Å². The van der Waals surface area contributed by atoms with Gasteiger partial charge >= 0.3 is 0 Å². The zero-order valence-electron chi connectivity index (χ0n) is 12.6. The van der Waals surface area contributed by atoms with E-state index in [0.717, 1.165) is 23.7 Å². The van der Waals surface area contributed by atoms with E-state index in [1.807, 2.05) is 0 Å².